The Hall–Kier alpha value is -1.84. The first kappa shape index (κ1) is 18.5. The summed E-state index contributed by atoms with van der Waals surface area (Å²) in [5.41, 5.74) is -0.345. The van der Waals surface area contributed by atoms with Gasteiger partial charge in [0.15, 0.2) is 5.16 Å². The highest BCUT2D eigenvalue weighted by atomic mass is 35.5. The lowest BCUT2D eigenvalue weighted by Crippen LogP contribution is -2.19. The molecular formula is C14H16ClFN4O3S. The molecule has 0 unspecified atom stereocenters. The summed E-state index contributed by atoms with van der Waals surface area (Å²) in [6.07, 6.45) is 0.642. The fourth-order valence-corrected chi connectivity index (χ4v) is 2.83. The van der Waals surface area contributed by atoms with E-state index in [-0.39, 0.29) is 17.1 Å². The van der Waals surface area contributed by atoms with E-state index in [1.807, 2.05) is 0 Å². The van der Waals surface area contributed by atoms with Gasteiger partial charge in [-0.3, -0.25) is 9.36 Å². The van der Waals surface area contributed by atoms with Gasteiger partial charge in [-0.2, -0.15) is 0 Å². The predicted molar refractivity (Wildman–Crippen MR) is 90.1 cm³/mol. The summed E-state index contributed by atoms with van der Waals surface area (Å²) >= 11 is 6.85. The van der Waals surface area contributed by atoms with E-state index in [1.54, 1.807) is 7.11 Å². The number of nitrogens with one attached hydrogen (secondary N) is 2. The predicted octanol–water partition coefficient (Wildman–Crippen LogP) is 2.13. The molecule has 24 heavy (non-hydrogen) atoms. The second kappa shape index (κ2) is 8.86. The smallest absolute Gasteiger partial charge is 0.343 e. The van der Waals surface area contributed by atoms with Crippen molar-refractivity contribution >= 4 is 35.0 Å². The van der Waals surface area contributed by atoms with Gasteiger partial charge in [-0.25, -0.2) is 14.3 Å². The van der Waals surface area contributed by atoms with E-state index in [9.17, 15) is 14.0 Å². The molecule has 1 aromatic carbocycles. The Balaban J connectivity index is 1.94. The van der Waals surface area contributed by atoms with Crippen molar-refractivity contribution < 1.29 is 13.9 Å². The molecule has 1 aromatic heterocycles. The molecule has 2 aromatic rings. The average Bonchev–Trinajstić information content (AvgIpc) is 2.90. The summed E-state index contributed by atoms with van der Waals surface area (Å²) in [5, 5.41) is 9.36. The Labute approximate surface area is 146 Å². The number of thioether (sulfide) groups is 1. The molecule has 0 saturated carbocycles. The number of hydrogen-bond donors (Lipinski definition) is 2. The molecule has 10 heteroatoms. The zero-order chi connectivity index (χ0) is 17.5. The van der Waals surface area contributed by atoms with E-state index < -0.39 is 11.7 Å². The molecule has 1 amide bonds. The van der Waals surface area contributed by atoms with Gasteiger partial charge in [-0.05, 0) is 24.6 Å². The van der Waals surface area contributed by atoms with E-state index in [2.05, 4.69) is 15.5 Å². The van der Waals surface area contributed by atoms with Crippen LogP contribution in [-0.4, -0.2) is 40.1 Å². The molecule has 0 radical (unpaired) electrons. The number of hydrogen-bond acceptors (Lipinski definition) is 5. The fourth-order valence-electron chi connectivity index (χ4n) is 1.89. The Morgan fingerprint density at radius 1 is 1.54 bits per heavy atom. The van der Waals surface area contributed by atoms with Crippen molar-refractivity contribution in [3.63, 3.8) is 0 Å². The summed E-state index contributed by atoms with van der Waals surface area (Å²) in [7, 11) is 1.58. The molecule has 0 bridgehead atoms. The van der Waals surface area contributed by atoms with Crippen LogP contribution < -0.4 is 11.0 Å². The minimum absolute atomic E-state index is 0.00705. The minimum atomic E-state index is -0.575. The number of halogens is 2. The first-order chi connectivity index (χ1) is 11.5. The second-order valence-electron chi connectivity index (χ2n) is 4.77. The number of nitrogens with zero attached hydrogens (tertiary/aromatic N) is 2. The van der Waals surface area contributed by atoms with E-state index >= 15 is 0 Å². The number of benzene rings is 1. The molecule has 0 aliphatic carbocycles. The first-order valence-electron chi connectivity index (χ1n) is 7.03. The standard InChI is InChI=1S/C14H16ClFN4O3S/c1-23-6-2-5-20-13(22)18-19-14(20)24-8-12(21)17-11-7-9(15)3-4-10(11)16/h3-4,7H,2,5-6,8H2,1H3,(H,17,21)(H,18,22). The van der Waals surface area contributed by atoms with Gasteiger partial charge in [0.25, 0.3) is 0 Å². The Morgan fingerprint density at radius 3 is 3.08 bits per heavy atom. The van der Waals surface area contributed by atoms with Crippen molar-refractivity contribution in [2.24, 2.45) is 0 Å². The van der Waals surface area contributed by atoms with Crippen LogP contribution in [0.25, 0.3) is 0 Å². The number of amides is 1. The third-order valence-corrected chi connectivity index (χ3v) is 4.20. The van der Waals surface area contributed by atoms with Gasteiger partial charge in [-0.15, -0.1) is 5.10 Å². The number of methoxy groups -OCH3 is 1. The fraction of sp³-hybridized carbons (Fsp3) is 0.357. The van der Waals surface area contributed by atoms with Crippen molar-refractivity contribution in [1.82, 2.24) is 14.8 Å². The molecule has 0 aliphatic heterocycles. The number of rotatable bonds is 8. The monoisotopic (exact) mass is 374 g/mol. The van der Waals surface area contributed by atoms with Crippen LogP contribution >= 0.6 is 23.4 Å². The Morgan fingerprint density at radius 2 is 2.33 bits per heavy atom. The maximum Gasteiger partial charge on any atom is 0.343 e. The first-order valence-corrected chi connectivity index (χ1v) is 8.39. The third kappa shape index (κ3) is 5.08. The lowest BCUT2D eigenvalue weighted by atomic mass is 10.3. The molecular weight excluding hydrogens is 359 g/mol. The molecule has 2 N–H and O–H groups in total. The summed E-state index contributed by atoms with van der Waals surface area (Å²) < 4.78 is 19.9. The summed E-state index contributed by atoms with van der Waals surface area (Å²) in [6.45, 7) is 0.937. The van der Waals surface area contributed by atoms with E-state index in [4.69, 9.17) is 16.3 Å². The average molecular weight is 375 g/mol. The van der Waals surface area contributed by atoms with Gasteiger partial charge in [-0.1, -0.05) is 23.4 Å². The maximum absolute atomic E-state index is 13.6. The summed E-state index contributed by atoms with van der Waals surface area (Å²) in [4.78, 5) is 23.6. The topological polar surface area (TPSA) is 89.0 Å². The molecule has 2 rings (SSSR count). The number of H-pyrrole nitrogens is 1. The summed E-state index contributed by atoms with van der Waals surface area (Å²) in [5.74, 6) is -1.03. The van der Waals surface area contributed by atoms with Crippen LogP contribution in [0, 0.1) is 5.82 Å². The molecule has 130 valence electrons. The molecule has 0 fully saturated rings. The van der Waals surface area contributed by atoms with E-state index in [0.717, 1.165) is 11.8 Å². The van der Waals surface area contributed by atoms with Gasteiger partial charge >= 0.3 is 5.69 Å². The van der Waals surface area contributed by atoms with Gasteiger partial charge in [0.1, 0.15) is 5.82 Å². The highest BCUT2D eigenvalue weighted by Crippen LogP contribution is 2.20. The second-order valence-corrected chi connectivity index (χ2v) is 6.15. The lowest BCUT2D eigenvalue weighted by molar-refractivity contribution is -0.113. The van der Waals surface area contributed by atoms with Crippen LogP contribution in [0.3, 0.4) is 0 Å². The number of carbonyl (C=O) groups is 1. The Kier molecular flexibility index (Phi) is 6.83. The quantitative estimate of drug-likeness (QED) is 0.546. The number of carbonyl (C=O) groups excluding carboxylic acids is 1. The molecule has 7 nitrogen and oxygen atoms in total. The van der Waals surface area contributed by atoms with Crippen molar-refractivity contribution in [3.8, 4) is 0 Å². The molecule has 0 spiro atoms. The van der Waals surface area contributed by atoms with Crippen LogP contribution in [0.15, 0.2) is 28.2 Å². The highest BCUT2D eigenvalue weighted by Gasteiger charge is 2.13. The molecule has 0 aliphatic rings. The molecule has 1 heterocycles. The third-order valence-electron chi connectivity index (χ3n) is 2.99. The Bertz CT molecular complexity index is 765. The maximum atomic E-state index is 13.6. The van der Waals surface area contributed by atoms with Gasteiger partial charge < -0.3 is 10.1 Å². The van der Waals surface area contributed by atoms with Crippen LogP contribution in [0.4, 0.5) is 10.1 Å². The van der Waals surface area contributed by atoms with E-state index in [1.165, 1.54) is 22.8 Å². The van der Waals surface area contributed by atoms with Crippen molar-refractivity contribution in [3.05, 3.63) is 39.5 Å². The van der Waals surface area contributed by atoms with Gasteiger partial charge in [0.2, 0.25) is 5.91 Å². The van der Waals surface area contributed by atoms with Gasteiger partial charge in [0.05, 0.1) is 11.4 Å². The zero-order valence-corrected chi connectivity index (χ0v) is 14.4. The largest absolute Gasteiger partial charge is 0.385 e. The van der Waals surface area contributed by atoms with Crippen LogP contribution in [0.5, 0.6) is 0 Å². The van der Waals surface area contributed by atoms with Crippen LogP contribution in [0.2, 0.25) is 5.02 Å². The minimum Gasteiger partial charge on any atom is -0.385 e. The van der Waals surface area contributed by atoms with Crippen molar-refractivity contribution in [1.29, 1.82) is 0 Å². The molecule has 0 atom stereocenters. The SMILES string of the molecule is COCCCn1c(SCC(=O)Nc2cc(Cl)ccc2F)n[nH]c1=O. The van der Waals surface area contributed by atoms with Crippen molar-refractivity contribution in [2.45, 2.75) is 18.1 Å². The number of anilines is 1. The number of ether oxygens (including phenoxy) is 1. The zero-order valence-electron chi connectivity index (χ0n) is 12.8. The number of aromatic nitrogens is 3. The normalized spacial score (nSPS) is 10.8. The number of aromatic amines is 1. The van der Waals surface area contributed by atoms with Crippen molar-refractivity contribution in [2.75, 3.05) is 24.8 Å². The lowest BCUT2D eigenvalue weighted by Gasteiger charge is -2.07. The highest BCUT2D eigenvalue weighted by molar-refractivity contribution is 7.99. The summed E-state index contributed by atoms with van der Waals surface area (Å²) in [6, 6.07) is 3.89. The molecule has 0 saturated heterocycles. The van der Waals surface area contributed by atoms with Crippen LogP contribution in [0.1, 0.15) is 6.42 Å². The van der Waals surface area contributed by atoms with Gasteiger partial charge in [0, 0.05) is 25.3 Å². The van der Waals surface area contributed by atoms with Crippen LogP contribution in [-0.2, 0) is 16.1 Å². The van der Waals surface area contributed by atoms with E-state index in [0.29, 0.717) is 29.8 Å².